The van der Waals surface area contributed by atoms with Crippen LogP contribution in [0.1, 0.15) is 30.7 Å². The number of carboxylic acid groups (broad SMARTS) is 1. The minimum Gasteiger partial charge on any atom is -0.480 e. The molecule has 33 heavy (non-hydrogen) atoms. The molecule has 1 aliphatic rings. The van der Waals surface area contributed by atoms with Gasteiger partial charge in [0, 0.05) is 17.8 Å². The van der Waals surface area contributed by atoms with Crippen LogP contribution >= 0.6 is 11.3 Å². The number of halogens is 1. The predicted molar refractivity (Wildman–Crippen MR) is 127 cm³/mol. The van der Waals surface area contributed by atoms with E-state index in [1.54, 1.807) is 42.5 Å². The second-order valence-electron chi connectivity index (χ2n) is 8.02. The number of anilines is 2. The van der Waals surface area contributed by atoms with E-state index in [0.717, 1.165) is 41.4 Å². The lowest BCUT2D eigenvalue weighted by Crippen LogP contribution is -2.43. The van der Waals surface area contributed by atoms with Crippen molar-refractivity contribution < 1.29 is 19.1 Å². The number of benzene rings is 2. The van der Waals surface area contributed by atoms with Gasteiger partial charge in [0.05, 0.1) is 15.6 Å². The first kappa shape index (κ1) is 22.9. The molecule has 0 radical (unpaired) electrons. The Morgan fingerprint density at radius 3 is 2.48 bits per heavy atom. The van der Waals surface area contributed by atoms with E-state index in [1.165, 1.54) is 12.1 Å². The summed E-state index contributed by atoms with van der Waals surface area (Å²) in [5.74, 6) is -0.942. The minimum absolute atomic E-state index is 0.118. The van der Waals surface area contributed by atoms with E-state index < -0.39 is 23.9 Å². The molecule has 3 N–H and O–H groups in total. The largest absolute Gasteiger partial charge is 0.480 e. The third kappa shape index (κ3) is 5.55. The molecule has 9 heteroatoms. The lowest BCUT2D eigenvalue weighted by molar-refractivity contribution is -0.143. The lowest BCUT2D eigenvalue weighted by atomic mass is 9.96. The summed E-state index contributed by atoms with van der Waals surface area (Å²) in [5.41, 5.74) is 1.71. The molecule has 1 atom stereocenters. The molecular weight excluding hydrogens is 443 g/mol. The molecule has 0 saturated carbocycles. The van der Waals surface area contributed by atoms with Gasteiger partial charge in [-0.05, 0) is 62.7 Å². The molecule has 1 saturated heterocycles. The summed E-state index contributed by atoms with van der Waals surface area (Å²) in [6.45, 7) is 3.23. The van der Waals surface area contributed by atoms with Crippen molar-refractivity contribution in [2.24, 2.45) is 0 Å². The molecule has 7 nitrogen and oxygen atoms in total. The maximum Gasteiger partial charge on any atom is 0.323 e. The second kappa shape index (κ2) is 10.1. The zero-order valence-electron chi connectivity index (χ0n) is 18.1. The maximum atomic E-state index is 13.7. The highest BCUT2D eigenvalue weighted by Crippen LogP contribution is 2.35. The Balaban J connectivity index is 1.34. The molecule has 1 aliphatic heterocycles. The number of piperidine rings is 1. The smallest absolute Gasteiger partial charge is 0.323 e. The quantitative estimate of drug-likeness (QED) is 0.460. The van der Waals surface area contributed by atoms with E-state index in [4.69, 9.17) is 0 Å². The number of aromatic nitrogens is 1. The van der Waals surface area contributed by atoms with Crippen molar-refractivity contribution in [2.75, 3.05) is 23.7 Å². The fraction of sp³-hybridized carbons (Fsp3) is 0.292. The second-order valence-corrected chi connectivity index (χ2v) is 9.09. The summed E-state index contributed by atoms with van der Waals surface area (Å²) in [6.07, 6.45) is 3.65. The van der Waals surface area contributed by atoms with Crippen molar-refractivity contribution >= 4 is 34.7 Å². The van der Waals surface area contributed by atoms with E-state index in [0.29, 0.717) is 11.6 Å². The van der Waals surface area contributed by atoms with Gasteiger partial charge in [0.25, 0.3) is 0 Å². The van der Waals surface area contributed by atoms with Gasteiger partial charge >= 0.3 is 12.0 Å². The van der Waals surface area contributed by atoms with Crippen LogP contribution in [0.25, 0.3) is 10.4 Å². The third-order valence-electron chi connectivity index (χ3n) is 5.86. The minimum atomic E-state index is -0.785. The third-order valence-corrected chi connectivity index (χ3v) is 7.07. The average Bonchev–Trinajstić information content (AvgIpc) is 3.31. The van der Waals surface area contributed by atoms with E-state index in [2.05, 4.69) is 15.6 Å². The Hall–Kier alpha value is -3.30. The molecule has 1 fully saturated rings. The number of nitrogens with one attached hydrogen (secondary N) is 2. The highest BCUT2D eigenvalue weighted by atomic mass is 32.1. The number of carbonyl (C=O) groups excluding carboxylic acids is 1. The Labute approximate surface area is 195 Å². The summed E-state index contributed by atoms with van der Waals surface area (Å²) in [5, 5.41) is 15.5. The zero-order valence-corrected chi connectivity index (χ0v) is 18.9. The van der Waals surface area contributed by atoms with Crippen LogP contribution in [0.3, 0.4) is 0 Å². The lowest BCUT2D eigenvalue weighted by Gasteiger charge is -2.33. The van der Waals surface area contributed by atoms with Gasteiger partial charge in [0.2, 0.25) is 0 Å². The van der Waals surface area contributed by atoms with E-state index >= 15 is 0 Å². The fourth-order valence-electron chi connectivity index (χ4n) is 3.86. The van der Waals surface area contributed by atoms with Crippen molar-refractivity contribution in [1.82, 2.24) is 9.88 Å². The first-order chi connectivity index (χ1) is 15.9. The number of aliphatic carboxylic acids is 1. The van der Waals surface area contributed by atoms with Crippen molar-refractivity contribution in [3.8, 4) is 10.4 Å². The first-order valence-electron chi connectivity index (χ1n) is 10.8. The molecular formula is C24H25FN4O3S. The zero-order chi connectivity index (χ0) is 23.4. The van der Waals surface area contributed by atoms with Crippen LogP contribution in [0.4, 0.5) is 20.6 Å². The molecule has 2 amide bonds. The van der Waals surface area contributed by atoms with Crippen LogP contribution in [0.15, 0.2) is 54.7 Å². The number of thiazole rings is 1. The van der Waals surface area contributed by atoms with Crippen molar-refractivity contribution in [3.63, 3.8) is 0 Å². The molecule has 0 bridgehead atoms. The summed E-state index contributed by atoms with van der Waals surface area (Å²) < 4.78 is 13.7. The molecule has 0 spiro atoms. The Bertz CT molecular complexity index is 1130. The average molecular weight is 469 g/mol. The van der Waals surface area contributed by atoms with Crippen LogP contribution in [0.2, 0.25) is 0 Å². The van der Waals surface area contributed by atoms with Crippen molar-refractivity contribution in [3.05, 3.63) is 65.6 Å². The van der Waals surface area contributed by atoms with Gasteiger partial charge < -0.3 is 15.7 Å². The predicted octanol–water partition coefficient (Wildman–Crippen LogP) is 5.25. The summed E-state index contributed by atoms with van der Waals surface area (Å²) >= 11 is 1.64. The number of hydrogen-bond acceptors (Lipinski definition) is 5. The molecule has 0 aliphatic carbocycles. The molecule has 3 aromatic rings. The molecule has 4 rings (SSSR count). The summed E-state index contributed by atoms with van der Waals surface area (Å²) in [4.78, 5) is 31.0. The number of rotatable bonds is 6. The SMILES string of the molecule is CC(C(=O)O)N1CCC(c2ncc(-c3ccc(NC(=O)Nc4ccccc4F)cc3)s2)CC1. The number of carbonyl (C=O) groups is 2. The molecule has 172 valence electrons. The maximum absolute atomic E-state index is 13.7. The molecule has 2 heterocycles. The molecule has 1 unspecified atom stereocenters. The molecule has 1 aromatic heterocycles. The van der Waals surface area contributed by atoms with E-state index in [1.807, 2.05) is 23.2 Å². The van der Waals surface area contributed by atoms with E-state index in [-0.39, 0.29) is 5.69 Å². The van der Waals surface area contributed by atoms with Gasteiger partial charge in [-0.2, -0.15) is 0 Å². The van der Waals surface area contributed by atoms with Gasteiger partial charge in [0.1, 0.15) is 11.9 Å². The normalized spacial score (nSPS) is 15.7. The van der Waals surface area contributed by atoms with Crippen LogP contribution in [-0.2, 0) is 4.79 Å². The highest BCUT2D eigenvalue weighted by molar-refractivity contribution is 7.15. The van der Waals surface area contributed by atoms with Crippen LogP contribution < -0.4 is 10.6 Å². The van der Waals surface area contributed by atoms with Gasteiger partial charge in [0.15, 0.2) is 0 Å². The number of nitrogens with zero attached hydrogens (tertiary/aromatic N) is 2. The molecule has 2 aromatic carbocycles. The topological polar surface area (TPSA) is 94.6 Å². The number of likely N-dealkylation sites (tertiary alicyclic amines) is 1. The van der Waals surface area contributed by atoms with Gasteiger partial charge in [-0.15, -0.1) is 11.3 Å². The van der Waals surface area contributed by atoms with Crippen LogP contribution in [0.5, 0.6) is 0 Å². The van der Waals surface area contributed by atoms with Gasteiger partial charge in [-0.1, -0.05) is 24.3 Å². The Kier molecular flexibility index (Phi) is 7.00. The van der Waals surface area contributed by atoms with Crippen LogP contribution in [-0.4, -0.2) is 46.1 Å². The Morgan fingerprint density at radius 2 is 1.82 bits per heavy atom. The Morgan fingerprint density at radius 1 is 1.12 bits per heavy atom. The fourth-order valence-corrected chi connectivity index (χ4v) is 4.96. The number of para-hydroxylation sites is 1. The monoisotopic (exact) mass is 468 g/mol. The van der Waals surface area contributed by atoms with Gasteiger partial charge in [-0.3, -0.25) is 9.69 Å². The number of amides is 2. The first-order valence-corrected chi connectivity index (χ1v) is 11.6. The number of hydrogen-bond donors (Lipinski definition) is 3. The highest BCUT2D eigenvalue weighted by Gasteiger charge is 2.28. The summed E-state index contributed by atoms with van der Waals surface area (Å²) in [7, 11) is 0. The van der Waals surface area contributed by atoms with E-state index in [9.17, 15) is 19.1 Å². The number of carboxylic acids is 1. The summed E-state index contributed by atoms with van der Waals surface area (Å²) in [6, 6.07) is 12.4. The van der Waals surface area contributed by atoms with Gasteiger partial charge in [-0.25, -0.2) is 14.2 Å². The van der Waals surface area contributed by atoms with Crippen LogP contribution in [0, 0.1) is 5.82 Å². The van der Waals surface area contributed by atoms with Crippen molar-refractivity contribution in [1.29, 1.82) is 0 Å². The number of urea groups is 1. The standard InChI is InChI=1S/C24H25FN4O3S/c1-15(23(30)31)29-12-10-17(11-13-29)22-26-14-21(33-22)16-6-8-18(9-7-16)27-24(32)28-20-5-3-2-4-19(20)25/h2-9,14-15,17H,10-13H2,1H3,(H,30,31)(H2,27,28,32). The van der Waals surface area contributed by atoms with Crippen molar-refractivity contribution in [2.45, 2.75) is 31.7 Å².